The first-order valence-corrected chi connectivity index (χ1v) is 5.11. The number of benzene rings is 1. The zero-order chi connectivity index (χ0) is 11.3. The van der Waals surface area contributed by atoms with Gasteiger partial charge < -0.3 is 10.8 Å². The van der Waals surface area contributed by atoms with Crippen molar-refractivity contribution in [3.05, 3.63) is 35.4 Å². The first kappa shape index (κ1) is 11.7. The molecule has 82 valence electrons. The Morgan fingerprint density at radius 2 is 2.13 bits per heavy atom. The quantitative estimate of drug-likeness (QED) is 0.772. The molecule has 1 aromatic rings. The van der Waals surface area contributed by atoms with Crippen molar-refractivity contribution in [3.8, 4) is 0 Å². The van der Waals surface area contributed by atoms with E-state index in [1.807, 2.05) is 31.2 Å². The summed E-state index contributed by atoms with van der Waals surface area (Å²) >= 11 is 0. The molecule has 0 radical (unpaired) electrons. The second kappa shape index (κ2) is 5.51. The number of nitrogens with two attached hydrogens (primary N) is 1. The normalized spacial score (nSPS) is 12.4. The molecule has 0 aliphatic rings. The number of hydrogen-bond donors (Lipinski definition) is 2. The lowest BCUT2D eigenvalue weighted by molar-refractivity contribution is -0.137. The molecule has 0 aliphatic carbocycles. The first-order chi connectivity index (χ1) is 7.09. The van der Waals surface area contributed by atoms with E-state index in [9.17, 15) is 4.79 Å². The van der Waals surface area contributed by atoms with Crippen LogP contribution in [0.2, 0.25) is 0 Å². The number of aliphatic carboxylic acids is 1. The highest BCUT2D eigenvalue weighted by Gasteiger charge is 2.07. The summed E-state index contributed by atoms with van der Waals surface area (Å²) in [5.74, 6) is -0.782. The third-order valence-electron chi connectivity index (χ3n) is 2.47. The molecule has 0 amide bonds. The van der Waals surface area contributed by atoms with Gasteiger partial charge in [0, 0.05) is 12.5 Å². The predicted octanol–water partition coefficient (Wildman–Crippen LogP) is 1.73. The van der Waals surface area contributed by atoms with Gasteiger partial charge in [-0.3, -0.25) is 4.79 Å². The number of carboxylic acid groups (broad SMARTS) is 1. The van der Waals surface area contributed by atoms with Crippen molar-refractivity contribution in [1.82, 2.24) is 0 Å². The molecule has 15 heavy (non-hydrogen) atoms. The molecule has 3 N–H and O–H groups in total. The second-order valence-electron chi connectivity index (χ2n) is 3.82. The summed E-state index contributed by atoms with van der Waals surface area (Å²) in [5.41, 5.74) is 8.27. The highest BCUT2D eigenvalue weighted by molar-refractivity contribution is 5.66. The van der Waals surface area contributed by atoms with Crippen LogP contribution >= 0.6 is 0 Å². The van der Waals surface area contributed by atoms with Gasteiger partial charge >= 0.3 is 5.97 Å². The molecular formula is C12H17NO2. The Kier molecular flexibility index (Phi) is 4.31. The Balaban J connectivity index is 2.47. The molecular weight excluding hydrogens is 190 g/mol. The van der Waals surface area contributed by atoms with Crippen molar-refractivity contribution in [1.29, 1.82) is 0 Å². The number of hydrogen-bond acceptors (Lipinski definition) is 2. The summed E-state index contributed by atoms with van der Waals surface area (Å²) < 4.78 is 0. The molecule has 1 rings (SSSR count). The van der Waals surface area contributed by atoms with Gasteiger partial charge in [0.05, 0.1) is 0 Å². The average Bonchev–Trinajstić information content (AvgIpc) is 2.18. The molecule has 0 aliphatic heterocycles. The molecule has 0 bridgehead atoms. The third kappa shape index (κ3) is 4.13. The predicted molar refractivity (Wildman–Crippen MR) is 59.7 cm³/mol. The van der Waals surface area contributed by atoms with Crippen LogP contribution in [-0.4, -0.2) is 17.1 Å². The number of aryl methyl sites for hydroxylation is 1. The molecule has 1 unspecified atom stereocenters. The van der Waals surface area contributed by atoms with Crippen LogP contribution in [0.15, 0.2) is 24.3 Å². The highest BCUT2D eigenvalue weighted by atomic mass is 16.4. The van der Waals surface area contributed by atoms with Gasteiger partial charge in [-0.2, -0.15) is 0 Å². The van der Waals surface area contributed by atoms with Crippen LogP contribution in [0.25, 0.3) is 0 Å². The fourth-order valence-electron chi connectivity index (χ4n) is 1.53. The summed E-state index contributed by atoms with van der Waals surface area (Å²) in [6.07, 6.45) is 1.43. The molecule has 0 saturated carbocycles. The average molecular weight is 207 g/mol. The van der Waals surface area contributed by atoms with E-state index in [0.717, 1.165) is 6.42 Å². The molecule has 3 heteroatoms. The van der Waals surface area contributed by atoms with Crippen LogP contribution in [-0.2, 0) is 11.2 Å². The van der Waals surface area contributed by atoms with Crippen LogP contribution < -0.4 is 5.73 Å². The topological polar surface area (TPSA) is 63.3 Å². The van der Waals surface area contributed by atoms with Gasteiger partial charge in [0.2, 0.25) is 0 Å². The lowest BCUT2D eigenvalue weighted by Crippen LogP contribution is -2.24. The van der Waals surface area contributed by atoms with Crippen LogP contribution in [0.5, 0.6) is 0 Å². The van der Waals surface area contributed by atoms with E-state index >= 15 is 0 Å². The maximum absolute atomic E-state index is 10.4. The lowest BCUT2D eigenvalue weighted by atomic mass is 9.99. The van der Waals surface area contributed by atoms with E-state index in [1.54, 1.807) is 0 Å². The fourth-order valence-corrected chi connectivity index (χ4v) is 1.53. The smallest absolute Gasteiger partial charge is 0.303 e. The maximum Gasteiger partial charge on any atom is 0.303 e. The zero-order valence-electron chi connectivity index (χ0n) is 8.94. The summed E-state index contributed by atoms with van der Waals surface area (Å²) in [7, 11) is 0. The molecule has 0 fully saturated rings. The monoisotopic (exact) mass is 207 g/mol. The number of rotatable bonds is 5. The van der Waals surface area contributed by atoms with Crippen molar-refractivity contribution in [2.75, 3.05) is 0 Å². The van der Waals surface area contributed by atoms with E-state index in [-0.39, 0.29) is 12.5 Å². The molecule has 0 heterocycles. The molecule has 1 aromatic carbocycles. The standard InChI is InChI=1S/C12H17NO2/c1-9-4-2-3-5-10(9)8-11(13)6-7-12(14)15/h2-5,11H,6-8,13H2,1H3,(H,14,15). The molecule has 0 aromatic heterocycles. The molecule has 0 saturated heterocycles. The number of carbonyl (C=O) groups is 1. The molecule has 0 spiro atoms. The maximum atomic E-state index is 10.4. The van der Waals surface area contributed by atoms with Gasteiger partial charge in [-0.25, -0.2) is 0 Å². The van der Waals surface area contributed by atoms with Gasteiger partial charge in [0.1, 0.15) is 0 Å². The second-order valence-corrected chi connectivity index (χ2v) is 3.82. The first-order valence-electron chi connectivity index (χ1n) is 5.11. The van der Waals surface area contributed by atoms with Crippen LogP contribution in [0.1, 0.15) is 24.0 Å². The SMILES string of the molecule is Cc1ccccc1CC(N)CCC(=O)O. The number of carboxylic acids is 1. The van der Waals surface area contributed by atoms with Crippen molar-refractivity contribution < 1.29 is 9.90 Å². The van der Waals surface area contributed by atoms with Crippen molar-refractivity contribution in [2.24, 2.45) is 5.73 Å². The van der Waals surface area contributed by atoms with Crippen molar-refractivity contribution in [3.63, 3.8) is 0 Å². The van der Waals surface area contributed by atoms with Crippen molar-refractivity contribution in [2.45, 2.75) is 32.2 Å². The van der Waals surface area contributed by atoms with Gasteiger partial charge in [-0.05, 0) is 30.9 Å². The minimum absolute atomic E-state index is 0.0674. The van der Waals surface area contributed by atoms with Gasteiger partial charge in [-0.15, -0.1) is 0 Å². The van der Waals surface area contributed by atoms with E-state index in [0.29, 0.717) is 6.42 Å². The van der Waals surface area contributed by atoms with E-state index in [4.69, 9.17) is 10.8 Å². The fraction of sp³-hybridized carbons (Fsp3) is 0.417. The zero-order valence-corrected chi connectivity index (χ0v) is 8.94. The Morgan fingerprint density at radius 1 is 1.47 bits per heavy atom. The Morgan fingerprint density at radius 3 is 2.73 bits per heavy atom. The summed E-state index contributed by atoms with van der Waals surface area (Å²) in [4.78, 5) is 10.4. The van der Waals surface area contributed by atoms with E-state index in [1.165, 1.54) is 11.1 Å². The largest absolute Gasteiger partial charge is 0.481 e. The van der Waals surface area contributed by atoms with Crippen LogP contribution in [0.3, 0.4) is 0 Å². The molecule has 3 nitrogen and oxygen atoms in total. The molecule has 1 atom stereocenters. The van der Waals surface area contributed by atoms with Crippen molar-refractivity contribution >= 4 is 5.97 Å². The van der Waals surface area contributed by atoms with Gasteiger partial charge in [-0.1, -0.05) is 24.3 Å². The minimum atomic E-state index is -0.782. The van der Waals surface area contributed by atoms with Crippen LogP contribution in [0, 0.1) is 6.92 Å². The third-order valence-corrected chi connectivity index (χ3v) is 2.47. The lowest BCUT2D eigenvalue weighted by Gasteiger charge is -2.11. The van der Waals surface area contributed by atoms with E-state index < -0.39 is 5.97 Å². The minimum Gasteiger partial charge on any atom is -0.481 e. The van der Waals surface area contributed by atoms with Crippen LogP contribution in [0.4, 0.5) is 0 Å². The Labute approximate surface area is 89.9 Å². The van der Waals surface area contributed by atoms with Gasteiger partial charge in [0.25, 0.3) is 0 Å². The summed E-state index contributed by atoms with van der Waals surface area (Å²) in [6, 6.07) is 7.98. The Bertz CT molecular complexity index is 336. The summed E-state index contributed by atoms with van der Waals surface area (Å²) in [6.45, 7) is 2.04. The highest BCUT2D eigenvalue weighted by Crippen LogP contribution is 2.10. The van der Waals surface area contributed by atoms with Gasteiger partial charge in [0.15, 0.2) is 0 Å². The summed E-state index contributed by atoms with van der Waals surface area (Å²) in [5, 5.41) is 8.53. The Hall–Kier alpha value is -1.35. The van der Waals surface area contributed by atoms with E-state index in [2.05, 4.69) is 0 Å².